The Morgan fingerprint density at radius 2 is 1.79 bits per heavy atom. The van der Waals surface area contributed by atoms with Gasteiger partial charge in [0.25, 0.3) is 5.91 Å². The lowest BCUT2D eigenvalue weighted by molar-refractivity contribution is 0.0952. The predicted octanol–water partition coefficient (Wildman–Crippen LogP) is 4.18. The minimum Gasteiger partial charge on any atom is -0.352 e. The zero-order valence-corrected chi connectivity index (χ0v) is 17.7. The van der Waals surface area contributed by atoms with Crippen LogP contribution < -0.4 is 5.32 Å². The first kappa shape index (κ1) is 20.4. The molecule has 1 N–H and O–H groups in total. The van der Waals surface area contributed by atoms with Gasteiger partial charge in [-0.3, -0.25) is 14.2 Å². The molecule has 28 heavy (non-hydrogen) atoms. The Morgan fingerprint density at radius 3 is 2.36 bits per heavy atom. The summed E-state index contributed by atoms with van der Waals surface area (Å²) in [6, 6.07) is 7.53. The van der Waals surface area contributed by atoms with Gasteiger partial charge in [0.15, 0.2) is 0 Å². The molecule has 1 aromatic carbocycles. The Morgan fingerprint density at radius 1 is 1.07 bits per heavy atom. The topological polar surface area (TPSA) is 64.7 Å². The van der Waals surface area contributed by atoms with Crippen LogP contribution in [0.4, 0.5) is 0 Å². The van der Waals surface area contributed by atoms with Crippen molar-refractivity contribution in [1.29, 1.82) is 0 Å². The summed E-state index contributed by atoms with van der Waals surface area (Å²) in [5.41, 5.74) is 4.27. The quantitative estimate of drug-likeness (QED) is 0.584. The van der Waals surface area contributed by atoms with E-state index in [4.69, 9.17) is 23.2 Å². The average Bonchev–Trinajstić information content (AvgIpc) is 3.12. The Balaban J connectivity index is 1.49. The van der Waals surface area contributed by atoms with Crippen molar-refractivity contribution < 1.29 is 4.79 Å². The molecule has 0 spiro atoms. The third-order valence-electron chi connectivity index (χ3n) is 4.58. The minimum atomic E-state index is -0.0876. The third kappa shape index (κ3) is 4.75. The number of rotatable bonds is 7. The summed E-state index contributed by atoms with van der Waals surface area (Å²) >= 11 is 12.2. The highest BCUT2D eigenvalue weighted by Crippen LogP contribution is 2.20. The predicted molar refractivity (Wildman–Crippen MR) is 111 cm³/mol. The maximum atomic E-state index is 12.3. The van der Waals surface area contributed by atoms with Crippen molar-refractivity contribution in [2.75, 3.05) is 6.54 Å². The van der Waals surface area contributed by atoms with Crippen LogP contribution in [-0.4, -0.2) is 32.0 Å². The maximum absolute atomic E-state index is 12.3. The van der Waals surface area contributed by atoms with E-state index in [1.165, 1.54) is 0 Å². The van der Waals surface area contributed by atoms with E-state index in [2.05, 4.69) is 15.5 Å². The van der Waals surface area contributed by atoms with E-state index in [1.54, 1.807) is 10.9 Å². The van der Waals surface area contributed by atoms with Gasteiger partial charge < -0.3 is 5.32 Å². The van der Waals surface area contributed by atoms with Crippen molar-refractivity contribution >= 4 is 29.1 Å². The number of nitrogens with one attached hydrogen (secondary N) is 1. The van der Waals surface area contributed by atoms with Crippen LogP contribution in [0, 0.1) is 20.8 Å². The largest absolute Gasteiger partial charge is 0.352 e. The van der Waals surface area contributed by atoms with Gasteiger partial charge in [0, 0.05) is 24.8 Å². The van der Waals surface area contributed by atoms with Crippen LogP contribution in [0.15, 0.2) is 30.5 Å². The standard InChI is InChI=1S/C20H23Cl2N5O/c1-13-18(21)12-26(24-13)10-4-9-23-20(28)17-7-5-16(6-8-17)11-27-15(3)19(22)14(2)25-27/h5-8,12H,4,9-11H2,1-3H3,(H,23,28). The zero-order valence-electron chi connectivity index (χ0n) is 16.2. The molecule has 0 radical (unpaired) electrons. The number of halogens is 2. The van der Waals surface area contributed by atoms with Crippen molar-refractivity contribution in [3.05, 3.63) is 68.7 Å². The second-order valence-electron chi connectivity index (χ2n) is 6.77. The van der Waals surface area contributed by atoms with E-state index in [0.29, 0.717) is 35.2 Å². The lowest BCUT2D eigenvalue weighted by Gasteiger charge is -2.08. The van der Waals surface area contributed by atoms with Gasteiger partial charge in [-0.15, -0.1) is 0 Å². The molecule has 0 atom stereocenters. The molecular formula is C20H23Cl2N5O. The van der Waals surface area contributed by atoms with E-state index >= 15 is 0 Å². The van der Waals surface area contributed by atoms with E-state index in [0.717, 1.165) is 29.1 Å². The summed E-state index contributed by atoms with van der Waals surface area (Å²) in [4.78, 5) is 12.3. The van der Waals surface area contributed by atoms with Gasteiger partial charge >= 0.3 is 0 Å². The fourth-order valence-electron chi connectivity index (χ4n) is 2.92. The zero-order chi connectivity index (χ0) is 20.3. The maximum Gasteiger partial charge on any atom is 0.251 e. The molecule has 0 fully saturated rings. The number of nitrogens with zero attached hydrogens (tertiary/aromatic N) is 4. The Bertz CT molecular complexity index is 956. The number of hydrogen-bond acceptors (Lipinski definition) is 3. The number of aromatic nitrogens is 4. The van der Waals surface area contributed by atoms with Gasteiger partial charge in [0.1, 0.15) is 0 Å². The summed E-state index contributed by atoms with van der Waals surface area (Å²) in [5.74, 6) is -0.0876. The molecule has 0 aliphatic carbocycles. The Kier molecular flexibility index (Phi) is 6.42. The van der Waals surface area contributed by atoms with Gasteiger partial charge in [-0.05, 0) is 44.9 Å². The van der Waals surface area contributed by atoms with Crippen LogP contribution in [0.1, 0.15) is 39.4 Å². The number of hydrogen-bond donors (Lipinski definition) is 1. The summed E-state index contributed by atoms with van der Waals surface area (Å²) in [6.45, 7) is 7.60. The van der Waals surface area contributed by atoms with Gasteiger partial charge in [-0.1, -0.05) is 35.3 Å². The van der Waals surface area contributed by atoms with Crippen LogP contribution in [-0.2, 0) is 13.1 Å². The molecule has 3 aromatic rings. The minimum absolute atomic E-state index is 0.0876. The first-order chi connectivity index (χ1) is 13.3. The summed E-state index contributed by atoms with van der Waals surface area (Å²) in [6.07, 6.45) is 2.58. The third-order valence-corrected chi connectivity index (χ3v) is 5.50. The number of carbonyl (C=O) groups is 1. The smallest absolute Gasteiger partial charge is 0.251 e. The van der Waals surface area contributed by atoms with E-state index in [9.17, 15) is 4.79 Å². The van der Waals surface area contributed by atoms with Crippen molar-refractivity contribution in [2.45, 2.75) is 40.3 Å². The average molecular weight is 420 g/mol. The van der Waals surface area contributed by atoms with Crippen LogP contribution >= 0.6 is 23.2 Å². The number of amides is 1. The lowest BCUT2D eigenvalue weighted by Crippen LogP contribution is -2.25. The van der Waals surface area contributed by atoms with Gasteiger partial charge in [-0.25, -0.2) is 0 Å². The van der Waals surface area contributed by atoms with E-state index in [-0.39, 0.29) is 5.91 Å². The van der Waals surface area contributed by atoms with Crippen molar-refractivity contribution in [2.24, 2.45) is 0 Å². The summed E-state index contributed by atoms with van der Waals surface area (Å²) < 4.78 is 3.67. The lowest BCUT2D eigenvalue weighted by atomic mass is 10.1. The molecular weight excluding hydrogens is 397 g/mol. The Hall–Kier alpha value is -2.31. The summed E-state index contributed by atoms with van der Waals surface area (Å²) in [5, 5.41) is 13.0. The van der Waals surface area contributed by atoms with Gasteiger partial charge in [0.05, 0.1) is 33.7 Å². The fourth-order valence-corrected chi connectivity index (χ4v) is 3.20. The second kappa shape index (κ2) is 8.80. The fraction of sp³-hybridized carbons (Fsp3) is 0.350. The first-order valence-corrected chi connectivity index (χ1v) is 9.87. The van der Waals surface area contributed by atoms with Crippen LogP contribution in [0.25, 0.3) is 0 Å². The molecule has 8 heteroatoms. The van der Waals surface area contributed by atoms with E-state index < -0.39 is 0 Å². The molecule has 0 aliphatic heterocycles. The van der Waals surface area contributed by atoms with Gasteiger partial charge in [-0.2, -0.15) is 10.2 Å². The monoisotopic (exact) mass is 419 g/mol. The van der Waals surface area contributed by atoms with Crippen molar-refractivity contribution in [3.8, 4) is 0 Å². The van der Waals surface area contributed by atoms with Gasteiger partial charge in [0.2, 0.25) is 0 Å². The Labute approximate surface area is 174 Å². The molecule has 0 bridgehead atoms. The SMILES string of the molecule is Cc1nn(CCCNC(=O)c2ccc(Cn3nc(C)c(Cl)c3C)cc2)cc1Cl. The first-order valence-electron chi connectivity index (χ1n) is 9.11. The normalized spacial score (nSPS) is 11.0. The number of aryl methyl sites for hydroxylation is 3. The molecule has 0 saturated carbocycles. The molecule has 1 amide bonds. The highest BCUT2D eigenvalue weighted by molar-refractivity contribution is 6.31. The second-order valence-corrected chi connectivity index (χ2v) is 7.56. The number of carbonyl (C=O) groups excluding carboxylic acids is 1. The van der Waals surface area contributed by atoms with Crippen LogP contribution in [0.5, 0.6) is 0 Å². The molecule has 2 heterocycles. The highest BCUT2D eigenvalue weighted by atomic mass is 35.5. The molecule has 0 saturated heterocycles. The highest BCUT2D eigenvalue weighted by Gasteiger charge is 2.10. The number of benzene rings is 1. The van der Waals surface area contributed by atoms with E-state index in [1.807, 2.05) is 49.7 Å². The molecule has 0 unspecified atom stereocenters. The molecule has 148 valence electrons. The van der Waals surface area contributed by atoms with Crippen molar-refractivity contribution in [1.82, 2.24) is 24.9 Å². The molecule has 0 aliphatic rings. The molecule has 3 rings (SSSR count). The van der Waals surface area contributed by atoms with Crippen LogP contribution in [0.2, 0.25) is 10.0 Å². The van der Waals surface area contributed by atoms with Crippen LogP contribution in [0.3, 0.4) is 0 Å². The molecule has 6 nitrogen and oxygen atoms in total. The summed E-state index contributed by atoms with van der Waals surface area (Å²) in [7, 11) is 0. The van der Waals surface area contributed by atoms with Crippen molar-refractivity contribution in [3.63, 3.8) is 0 Å². The molecule has 2 aromatic heterocycles.